The summed E-state index contributed by atoms with van der Waals surface area (Å²) in [5.74, 6) is -1.99. The zero-order chi connectivity index (χ0) is 71.8. The van der Waals surface area contributed by atoms with Crippen LogP contribution < -0.4 is 0 Å². The number of unbranched alkanes of at least 4 members (excludes halogenated alkanes) is 37. The number of phosphoric ester groups is 1. The molecule has 2 saturated heterocycles. The molecule has 11 N–H and O–H groups in total. The molecule has 3 aliphatic rings. The van der Waals surface area contributed by atoms with Crippen LogP contribution in [0, 0.1) is 0 Å². The molecule has 2 heterocycles. The normalized spacial score (nSPS) is 27.7. The number of aliphatic hydroxyl groups excluding tert-OH is 10. The SMILES string of the molecule is CCCCCCCCC/C=C\CCCCCC(=O)OCC1OC(OC2C(O)C(O)C(O)C(OC3OC(CO)C(O)C(O)C3O)C2OP(=O)(O)OCC(COC(=O)CCCCCCCCCCCCCCCCC)OC(=O)CCCCCCCCCCCCCCCC)C(O)C(O)C1O. The van der Waals surface area contributed by atoms with E-state index in [2.05, 4.69) is 32.9 Å². The third-order valence-corrected chi connectivity index (χ3v) is 20.0. The van der Waals surface area contributed by atoms with Crippen molar-refractivity contribution in [3.05, 3.63) is 12.2 Å². The molecule has 2 aliphatic heterocycles. The van der Waals surface area contributed by atoms with Gasteiger partial charge in [-0.3, -0.25) is 23.4 Å². The predicted octanol–water partition coefficient (Wildman–Crippen LogP) is 10.7. The summed E-state index contributed by atoms with van der Waals surface area (Å²) in [4.78, 5) is 51.0. The van der Waals surface area contributed by atoms with Gasteiger partial charge in [-0.05, 0) is 44.9 Å². The van der Waals surface area contributed by atoms with E-state index in [1.807, 2.05) is 0 Å². The molecule has 18 atom stereocenters. The molecule has 0 aromatic heterocycles. The molecule has 1 aliphatic carbocycles. The van der Waals surface area contributed by atoms with Crippen molar-refractivity contribution in [2.24, 2.45) is 0 Å². The number of hydrogen-bond donors (Lipinski definition) is 11. The van der Waals surface area contributed by atoms with Crippen molar-refractivity contribution < 1.29 is 117 Å². The zero-order valence-electron chi connectivity index (χ0n) is 60.1. The Kier molecular flexibility index (Phi) is 50.7. The van der Waals surface area contributed by atoms with Crippen LogP contribution >= 0.6 is 7.82 Å². The number of carbonyl (C=O) groups excluding carboxylic acids is 3. The quantitative estimate of drug-likeness (QED) is 0.00886. The average molecular weight is 1430 g/mol. The highest BCUT2D eigenvalue weighted by Crippen LogP contribution is 2.49. The van der Waals surface area contributed by atoms with Crippen LogP contribution in [0.3, 0.4) is 0 Å². The molecule has 24 nitrogen and oxygen atoms in total. The number of allylic oxidation sites excluding steroid dienone is 2. The van der Waals surface area contributed by atoms with Gasteiger partial charge < -0.3 is 89.1 Å². The first-order valence-corrected chi connectivity index (χ1v) is 40.0. The van der Waals surface area contributed by atoms with Gasteiger partial charge >= 0.3 is 25.7 Å². The van der Waals surface area contributed by atoms with Crippen molar-refractivity contribution in [3.8, 4) is 0 Å². The Hall–Kier alpha value is -2.30. The lowest BCUT2D eigenvalue weighted by molar-refractivity contribution is -0.360. The molecule has 0 bridgehead atoms. The van der Waals surface area contributed by atoms with E-state index in [1.54, 1.807) is 0 Å². The summed E-state index contributed by atoms with van der Waals surface area (Å²) in [6.07, 6.45) is 14.1. The smallest absolute Gasteiger partial charge is 0.463 e. The van der Waals surface area contributed by atoms with Gasteiger partial charge in [0.25, 0.3) is 0 Å². The number of phosphoric acid groups is 1. The summed E-state index contributed by atoms with van der Waals surface area (Å²) in [6, 6.07) is 0. The number of carbonyl (C=O) groups is 3. The predicted molar refractivity (Wildman–Crippen MR) is 370 cm³/mol. The van der Waals surface area contributed by atoms with E-state index in [-0.39, 0.29) is 19.3 Å². The summed E-state index contributed by atoms with van der Waals surface area (Å²) >= 11 is 0. The minimum Gasteiger partial charge on any atom is -0.463 e. The molecule has 1 saturated carbocycles. The van der Waals surface area contributed by atoms with Crippen molar-refractivity contribution >= 4 is 25.7 Å². The van der Waals surface area contributed by atoms with Crippen LogP contribution in [0.25, 0.3) is 0 Å². The Morgan fingerprint density at radius 3 is 1.11 bits per heavy atom. The van der Waals surface area contributed by atoms with Gasteiger partial charge in [-0.2, -0.15) is 0 Å². The molecule has 0 aromatic rings. The highest BCUT2D eigenvalue weighted by Gasteiger charge is 2.58. The van der Waals surface area contributed by atoms with E-state index >= 15 is 0 Å². The van der Waals surface area contributed by atoms with Crippen LogP contribution in [0.1, 0.15) is 303 Å². The molecule has 98 heavy (non-hydrogen) atoms. The molecule has 0 radical (unpaired) electrons. The second-order valence-corrected chi connectivity index (χ2v) is 29.1. The minimum absolute atomic E-state index is 0.00967. The van der Waals surface area contributed by atoms with Crippen molar-refractivity contribution in [1.29, 1.82) is 0 Å². The fraction of sp³-hybridized carbons (Fsp3) is 0.932. The number of aliphatic hydroxyl groups is 10. The molecule has 576 valence electrons. The molecule has 18 unspecified atom stereocenters. The molecular formula is C73H135O24P. The van der Waals surface area contributed by atoms with E-state index in [4.69, 9.17) is 42.2 Å². The first-order chi connectivity index (χ1) is 47.3. The number of esters is 3. The van der Waals surface area contributed by atoms with E-state index in [9.17, 15) is 74.9 Å². The van der Waals surface area contributed by atoms with Crippen LogP contribution in [-0.2, 0) is 61.2 Å². The summed E-state index contributed by atoms with van der Waals surface area (Å²) in [7, 11) is -5.69. The van der Waals surface area contributed by atoms with Gasteiger partial charge in [-0.15, -0.1) is 0 Å². The monoisotopic (exact) mass is 1430 g/mol. The summed E-state index contributed by atoms with van der Waals surface area (Å²) < 4.78 is 65.0. The Morgan fingerprint density at radius 2 is 0.714 bits per heavy atom. The second kappa shape index (κ2) is 55.2. The Balaban J connectivity index is 1.73. The van der Waals surface area contributed by atoms with E-state index in [0.29, 0.717) is 19.3 Å². The van der Waals surface area contributed by atoms with Crippen molar-refractivity contribution in [1.82, 2.24) is 0 Å². The number of rotatable bonds is 60. The van der Waals surface area contributed by atoms with Crippen LogP contribution in [0.15, 0.2) is 12.2 Å². The number of ether oxygens (including phenoxy) is 7. The maximum Gasteiger partial charge on any atom is 0.472 e. The maximum atomic E-state index is 14.3. The van der Waals surface area contributed by atoms with Gasteiger partial charge in [0.05, 0.1) is 13.2 Å². The summed E-state index contributed by atoms with van der Waals surface area (Å²) in [6.45, 7) is 3.45. The standard InChI is InChI=1S/C73H135O24P/c1-4-7-10-13-16-19-22-25-28-31-33-35-38-41-44-47-57(75)89-51-54(92-59(77)49-46-43-40-37-34-30-27-24-21-18-15-12-9-6-3)52-91-98(87,88)97-71-69(95-72-67(85)62(80)60(78)55(50-74)93-72)65(83)64(82)66(84)70(71)96-73-68(86)63(81)61(79)56(94-73)53-90-58(76)48-45-42-39-36-32-29-26-23-20-17-14-11-8-5-2/h29,32,54-56,60-74,78-86H,4-28,30-31,33-53H2,1-3H3,(H,87,88)/b32-29-. The van der Waals surface area contributed by atoms with Gasteiger partial charge in [0, 0.05) is 19.3 Å². The number of hydrogen-bond acceptors (Lipinski definition) is 23. The zero-order valence-corrected chi connectivity index (χ0v) is 61.0. The van der Waals surface area contributed by atoms with Crippen molar-refractivity contribution in [2.45, 2.75) is 407 Å². The van der Waals surface area contributed by atoms with E-state index < -0.39 is 156 Å². The average Bonchev–Trinajstić information content (AvgIpc) is 0.761. The van der Waals surface area contributed by atoms with Crippen LogP contribution in [0.5, 0.6) is 0 Å². The maximum absolute atomic E-state index is 14.3. The lowest BCUT2D eigenvalue weighted by Crippen LogP contribution is -2.69. The second-order valence-electron chi connectivity index (χ2n) is 27.7. The largest absolute Gasteiger partial charge is 0.472 e. The van der Waals surface area contributed by atoms with E-state index in [0.717, 1.165) is 89.9 Å². The first-order valence-electron chi connectivity index (χ1n) is 38.5. The van der Waals surface area contributed by atoms with Gasteiger partial charge in [-0.1, -0.05) is 251 Å². The lowest BCUT2D eigenvalue weighted by atomic mass is 9.84. The molecule has 25 heteroatoms. The molecule has 0 spiro atoms. The molecule has 3 rings (SSSR count). The van der Waals surface area contributed by atoms with Gasteiger partial charge in [-0.25, -0.2) is 4.57 Å². The highest BCUT2D eigenvalue weighted by atomic mass is 31.2. The van der Waals surface area contributed by atoms with Crippen LogP contribution in [0.4, 0.5) is 0 Å². The Bertz CT molecular complexity index is 2080. The lowest BCUT2D eigenvalue weighted by Gasteiger charge is -2.49. The Morgan fingerprint density at radius 1 is 0.388 bits per heavy atom. The minimum atomic E-state index is -5.69. The molecule has 0 aromatic carbocycles. The first kappa shape index (κ1) is 89.9. The fourth-order valence-corrected chi connectivity index (χ4v) is 13.7. The van der Waals surface area contributed by atoms with Crippen LogP contribution in [0.2, 0.25) is 0 Å². The highest BCUT2D eigenvalue weighted by molar-refractivity contribution is 7.47. The third-order valence-electron chi connectivity index (χ3n) is 19.0. The third kappa shape index (κ3) is 37.9. The Labute approximate surface area is 586 Å². The summed E-state index contributed by atoms with van der Waals surface area (Å²) in [5.41, 5.74) is 0. The van der Waals surface area contributed by atoms with Crippen molar-refractivity contribution in [3.63, 3.8) is 0 Å². The fourth-order valence-electron chi connectivity index (χ4n) is 12.8. The molecular weight excluding hydrogens is 1290 g/mol. The van der Waals surface area contributed by atoms with E-state index in [1.165, 1.54) is 154 Å². The molecule has 0 amide bonds. The van der Waals surface area contributed by atoms with Gasteiger partial charge in [0.1, 0.15) is 98.7 Å². The topological polar surface area (TPSA) is 374 Å². The van der Waals surface area contributed by atoms with Gasteiger partial charge in [0.15, 0.2) is 18.7 Å². The van der Waals surface area contributed by atoms with Crippen LogP contribution in [-0.4, -0.2) is 204 Å². The van der Waals surface area contributed by atoms with Gasteiger partial charge in [0.2, 0.25) is 0 Å². The van der Waals surface area contributed by atoms with Crippen molar-refractivity contribution in [2.75, 3.05) is 26.4 Å². The summed E-state index contributed by atoms with van der Waals surface area (Å²) in [5, 5.41) is 110. The molecule has 3 fully saturated rings.